The standard InChI is InChI=1S/C25H36N4O2/c30-19-8-6-18(7-9-19)21-15-28-25(31-20-10-12-26-13-11-20)22-16-27-23(29-24(21)22)14-17-4-2-1-3-5-17/h15-20,26,30H,1-14H2. The Kier molecular flexibility index (Phi) is 6.65. The summed E-state index contributed by atoms with van der Waals surface area (Å²) in [6, 6.07) is 0. The van der Waals surface area contributed by atoms with Crippen LogP contribution in [0.15, 0.2) is 12.4 Å². The Balaban J connectivity index is 1.46. The molecule has 3 fully saturated rings. The van der Waals surface area contributed by atoms with E-state index in [1.807, 2.05) is 12.4 Å². The molecule has 1 aliphatic heterocycles. The van der Waals surface area contributed by atoms with E-state index in [1.165, 1.54) is 37.7 Å². The van der Waals surface area contributed by atoms with Gasteiger partial charge in [0.05, 0.1) is 17.0 Å². The average molecular weight is 425 g/mol. The molecule has 1 saturated heterocycles. The van der Waals surface area contributed by atoms with Gasteiger partial charge in [0.2, 0.25) is 5.88 Å². The molecule has 2 aliphatic carbocycles. The third-order valence-corrected chi connectivity index (χ3v) is 7.56. The normalized spacial score (nSPS) is 26.2. The van der Waals surface area contributed by atoms with Crippen LogP contribution < -0.4 is 10.1 Å². The fourth-order valence-electron chi connectivity index (χ4n) is 5.65. The van der Waals surface area contributed by atoms with Gasteiger partial charge in [-0.2, -0.15) is 0 Å². The van der Waals surface area contributed by atoms with Gasteiger partial charge >= 0.3 is 0 Å². The van der Waals surface area contributed by atoms with Crippen LogP contribution in [0, 0.1) is 5.92 Å². The minimum Gasteiger partial charge on any atom is -0.474 e. The van der Waals surface area contributed by atoms with Crippen LogP contribution in [0.2, 0.25) is 0 Å². The quantitative estimate of drug-likeness (QED) is 0.745. The molecule has 2 aromatic rings. The van der Waals surface area contributed by atoms with Crippen molar-refractivity contribution >= 4 is 10.9 Å². The highest BCUT2D eigenvalue weighted by atomic mass is 16.5. The zero-order valence-corrected chi connectivity index (χ0v) is 18.6. The van der Waals surface area contributed by atoms with Crippen molar-refractivity contribution < 1.29 is 9.84 Å². The van der Waals surface area contributed by atoms with E-state index < -0.39 is 0 Å². The van der Waals surface area contributed by atoms with Gasteiger partial charge in [-0.05, 0) is 63.5 Å². The first-order valence-electron chi connectivity index (χ1n) is 12.5. The van der Waals surface area contributed by atoms with Gasteiger partial charge in [0.25, 0.3) is 0 Å². The molecule has 0 aromatic carbocycles. The van der Waals surface area contributed by atoms with Crippen molar-refractivity contribution in [2.24, 2.45) is 5.92 Å². The van der Waals surface area contributed by atoms with Gasteiger partial charge in [-0.1, -0.05) is 32.1 Å². The first-order chi connectivity index (χ1) is 15.3. The molecule has 2 saturated carbocycles. The summed E-state index contributed by atoms with van der Waals surface area (Å²) in [6.45, 7) is 1.99. The summed E-state index contributed by atoms with van der Waals surface area (Å²) in [5, 5.41) is 14.3. The second-order valence-electron chi connectivity index (χ2n) is 9.85. The summed E-state index contributed by atoms with van der Waals surface area (Å²) in [5.41, 5.74) is 2.24. The summed E-state index contributed by atoms with van der Waals surface area (Å²) in [6.07, 6.45) is 17.4. The molecule has 3 aliphatic rings. The number of ether oxygens (including phenoxy) is 1. The Morgan fingerprint density at radius 2 is 1.68 bits per heavy atom. The van der Waals surface area contributed by atoms with E-state index in [0.717, 1.165) is 74.8 Å². The molecular weight excluding hydrogens is 388 g/mol. The molecule has 168 valence electrons. The largest absolute Gasteiger partial charge is 0.474 e. The number of nitrogens with zero attached hydrogens (tertiary/aromatic N) is 3. The first kappa shape index (κ1) is 21.1. The van der Waals surface area contributed by atoms with Gasteiger partial charge < -0.3 is 15.2 Å². The van der Waals surface area contributed by atoms with Crippen molar-refractivity contribution in [3.05, 3.63) is 23.8 Å². The number of piperidine rings is 1. The van der Waals surface area contributed by atoms with Gasteiger partial charge in [0, 0.05) is 24.4 Å². The van der Waals surface area contributed by atoms with E-state index in [-0.39, 0.29) is 12.2 Å². The second-order valence-corrected chi connectivity index (χ2v) is 9.85. The molecule has 2 N–H and O–H groups in total. The molecule has 0 spiro atoms. The van der Waals surface area contributed by atoms with Gasteiger partial charge in [-0.25, -0.2) is 15.0 Å². The molecule has 0 amide bonds. The predicted octanol–water partition coefficient (Wildman–Crippen LogP) is 4.30. The van der Waals surface area contributed by atoms with E-state index in [4.69, 9.17) is 19.7 Å². The van der Waals surface area contributed by atoms with Gasteiger partial charge in [-0.3, -0.25) is 0 Å². The Labute approximate surface area is 185 Å². The number of fused-ring (bicyclic) bond motifs is 1. The highest BCUT2D eigenvalue weighted by molar-refractivity contribution is 5.85. The minimum absolute atomic E-state index is 0.158. The summed E-state index contributed by atoms with van der Waals surface area (Å²) in [5.74, 6) is 2.77. The number of rotatable bonds is 5. The van der Waals surface area contributed by atoms with E-state index in [2.05, 4.69) is 5.32 Å². The molecule has 0 radical (unpaired) electrons. The maximum absolute atomic E-state index is 9.97. The van der Waals surface area contributed by atoms with E-state index >= 15 is 0 Å². The van der Waals surface area contributed by atoms with Crippen LogP contribution in [-0.2, 0) is 6.42 Å². The van der Waals surface area contributed by atoms with Crippen molar-refractivity contribution in [3.8, 4) is 5.88 Å². The van der Waals surface area contributed by atoms with E-state index in [0.29, 0.717) is 17.7 Å². The summed E-state index contributed by atoms with van der Waals surface area (Å²) in [7, 11) is 0. The lowest BCUT2D eigenvalue weighted by Gasteiger charge is -2.27. The third-order valence-electron chi connectivity index (χ3n) is 7.56. The van der Waals surface area contributed by atoms with Crippen LogP contribution in [-0.4, -0.2) is 45.4 Å². The first-order valence-corrected chi connectivity index (χ1v) is 12.5. The molecule has 6 nitrogen and oxygen atoms in total. The lowest BCUT2D eigenvalue weighted by Crippen LogP contribution is -2.34. The number of aliphatic hydroxyl groups excluding tert-OH is 1. The highest BCUT2D eigenvalue weighted by Crippen LogP contribution is 2.38. The van der Waals surface area contributed by atoms with Crippen molar-refractivity contribution in [2.45, 2.75) is 95.2 Å². The van der Waals surface area contributed by atoms with Crippen molar-refractivity contribution in [1.29, 1.82) is 0 Å². The van der Waals surface area contributed by atoms with E-state index in [1.54, 1.807) is 0 Å². The van der Waals surface area contributed by atoms with Crippen LogP contribution >= 0.6 is 0 Å². The third kappa shape index (κ3) is 5.01. The summed E-state index contributed by atoms with van der Waals surface area (Å²) < 4.78 is 6.35. The summed E-state index contributed by atoms with van der Waals surface area (Å²) >= 11 is 0. The molecule has 31 heavy (non-hydrogen) atoms. The second kappa shape index (κ2) is 9.78. The summed E-state index contributed by atoms with van der Waals surface area (Å²) in [4.78, 5) is 14.6. The van der Waals surface area contributed by atoms with Crippen LogP contribution in [0.1, 0.15) is 87.9 Å². The maximum Gasteiger partial charge on any atom is 0.224 e. The number of pyridine rings is 1. The number of aliphatic hydroxyl groups is 1. The number of hydrogen-bond donors (Lipinski definition) is 2. The fourth-order valence-corrected chi connectivity index (χ4v) is 5.65. The molecule has 6 heteroatoms. The Hall–Kier alpha value is -1.79. The van der Waals surface area contributed by atoms with E-state index in [9.17, 15) is 5.11 Å². The molecule has 0 bridgehead atoms. The maximum atomic E-state index is 9.97. The Morgan fingerprint density at radius 3 is 2.45 bits per heavy atom. The number of nitrogens with one attached hydrogen (secondary N) is 1. The van der Waals surface area contributed by atoms with Crippen molar-refractivity contribution in [3.63, 3.8) is 0 Å². The molecule has 0 atom stereocenters. The fraction of sp³-hybridized carbons (Fsp3) is 0.720. The average Bonchev–Trinajstić information content (AvgIpc) is 2.81. The Morgan fingerprint density at radius 1 is 0.903 bits per heavy atom. The van der Waals surface area contributed by atoms with Crippen LogP contribution in [0.4, 0.5) is 0 Å². The lowest BCUT2D eigenvalue weighted by atomic mass is 9.82. The number of hydrogen-bond acceptors (Lipinski definition) is 6. The molecule has 0 unspecified atom stereocenters. The monoisotopic (exact) mass is 424 g/mol. The van der Waals surface area contributed by atoms with Gasteiger partial charge in [0.1, 0.15) is 11.9 Å². The minimum atomic E-state index is -0.158. The van der Waals surface area contributed by atoms with Crippen molar-refractivity contribution in [2.75, 3.05) is 13.1 Å². The van der Waals surface area contributed by atoms with Crippen LogP contribution in [0.3, 0.4) is 0 Å². The van der Waals surface area contributed by atoms with Crippen LogP contribution in [0.5, 0.6) is 5.88 Å². The topological polar surface area (TPSA) is 80.2 Å². The molecular formula is C25H36N4O2. The molecule has 2 aromatic heterocycles. The molecule has 3 heterocycles. The van der Waals surface area contributed by atoms with Gasteiger partial charge in [-0.15, -0.1) is 0 Å². The highest BCUT2D eigenvalue weighted by Gasteiger charge is 2.26. The van der Waals surface area contributed by atoms with Crippen molar-refractivity contribution in [1.82, 2.24) is 20.3 Å². The SMILES string of the molecule is OC1CCC(c2cnc(OC3CCNCC3)c3cnc(CC4CCCCC4)nc23)CC1. The van der Waals surface area contributed by atoms with Gasteiger partial charge in [0.15, 0.2) is 0 Å². The lowest BCUT2D eigenvalue weighted by molar-refractivity contribution is 0.122. The Bertz CT molecular complexity index is 869. The molecule has 5 rings (SSSR count). The predicted molar refractivity (Wildman–Crippen MR) is 121 cm³/mol. The number of aromatic nitrogens is 3. The smallest absolute Gasteiger partial charge is 0.224 e. The zero-order chi connectivity index (χ0) is 21.0. The zero-order valence-electron chi connectivity index (χ0n) is 18.6. The van der Waals surface area contributed by atoms with Crippen LogP contribution in [0.25, 0.3) is 10.9 Å².